The third-order valence-corrected chi connectivity index (χ3v) is 5.19. The van der Waals surface area contributed by atoms with Crippen molar-refractivity contribution in [2.45, 2.75) is 32.9 Å². The van der Waals surface area contributed by atoms with Crippen LogP contribution in [0.5, 0.6) is 0 Å². The number of morpholine rings is 1. The second-order valence-electron chi connectivity index (χ2n) is 6.00. The lowest BCUT2D eigenvalue weighted by atomic mass is 10.1. The minimum Gasteiger partial charge on any atom is -0.378 e. The van der Waals surface area contributed by atoms with Gasteiger partial charge in [0.25, 0.3) is 0 Å². The molecule has 23 heavy (non-hydrogen) atoms. The Kier molecular flexibility index (Phi) is 5.20. The number of ether oxygens (including phenoxy) is 1. The first-order chi connectivity index (χ1) is 11.1. The summed E-state index contributed by atoms with van der Waals surface area (Å²) in [6.45, 7) is 7.08. The quantitative estimate of drug-likeness (QED) is 0.790. The van der Waals surface area contributed by atoms with Gasteiger partial charge in [-0.25, -0.2) is 0 Å². The van der Waals surface area contributed by atoms with Crippen LogP contribution in [0.1, 0.15) is 33.0 Å². The summed E-state index contributed by atoms with van der Waals surface area (Å²) in [7, 11) is 0. The lowest BCUT2D eigenvalue weighted by Gasteiger charge is -2.35. The molecule has 0 spiro atoms. The standard InChI is InChI=1S/C18H22N2O2S/c1-13-5-6-15(14(2)19-13)11-20-7-8-22-12-16(20)10-17(21)18-4-3-9-23-18/h3-6,9,16H,7-8,10-12H2,1-2H3/t16-/m1/s1. The number of pyridine rings is 1. The van der Waals surface area contributed by atoms with E-state index in [0.717, 1.165) is 36.0 Å². The fourth-order valence-electron chi connectivity index (χ4n) is 2.94. The number of hydrogen-bond acceptors (Lipinski definition) is 5. The molecule has 2 aromatic heterocycles. The molecule has 3 heterocycles. The molecule has 1 aliphatic heterocycles. The molecule has 2 aromatic rings. The molecule has 0 radical (unpaired) electrons. The molecule has 1 saturated heterocycles. The van der Waals surface area contributed by atoms with E-state index in [0.29, 0.717) is 13.0 Å². The highest BCUT2D eigenvalue weighted by molar-refractivity contribution is 7.12. The minimum atomic E-state index is 0.138. The van der Waals surface area contributed by atoms with Gasteiger partial charge in [-0.15, -0.1) is 11.3 Å². The predicted molar refractivity (Wildman–Crippen MR) is 92.0 cm³/mol. The second kappa shape index (κ2) is 7.34. The average molecular weight is 330 g/mol. The van der Waals surface area contributed by atoms with E-state index >= 15 is 0 Å². The van der Waals surface area contributed by atoms with Crippen LogP contribution in [-0.4, -0.2) is 41.5 Å². The number of hydrogen-bond donors (Lipinski definition) is 0. The number of nitrogens with zero attached hydrogens (tertiary/aromatic N) is 2. The Labute approximate surface area is 141 Å². The van der Waals surface area contributed by atoms with Crippen molar-refractivity contribution in [1.29, 1.82) is 0 Å². The molecule has 0 bridgehead atoms. The van der Waals surface area contributed by atoms with E-state index in [1.165, 1.54) is 16.9 Å². The number of aryl methyl sites for hydroxylation is 2. The smallest absolute Gasteiger partial charge is 0.174 e. The highest BCUT2D eigenvalue weighted by atomic mass is 32.1. The molecular weight excluding hydrogens is 308 g/mol. The summed E-state index contributed by atoms with van der Waals surface area (Å²) < 4.78 is 5.61. The van der Waals surface area contributed by atoms with Crippen molar-refractivity contribution in [3.8, 4) is 0 Å². The van der Waals surface area contributed by atoms with Crippen LogP contribution in [0.15, 0.2) is 29.6 Å². The Morgan fingerprint density at radius 1 is 1.39 bits per heavy atom. The Bertz CT molecular complexity index is 670. The second-order valence-corrected chi connectivity index (χ2v) is 6.95. The molecule has 5 heteroatoms. The fourth-order valence-corrected chi connectivity index (χ4v) is 3.61. The van der Waals surface area contributed by atoms with Crippen molar-refractivity contribution >= 4 is 17.1 Å². The van der Waals surface area contributed by atoms with E-state index in [-0.39, 0.29) is 11.8 Å². The van der Waals surface area contributed by atoms with Crippen molar-refractivity contribution in [2.75, 3.05) is 19.8 Å². The van der Waals surface area contributed by atoms with Crippen LogP contribution in [0, 0.1) is 13.8 Å². The summed E-state index contributed by atoms with van der Waals surface area (Å²) in [6, 6.07) is 8.16. The number of carbonyl (C=O) groups is 1. The number of rotatable bonds is 5. The Morgan fingerprint density at radius 2 is 2.26 bits per heavy atom. The number of Topliss-reactive ketones (excluding diaryl/α,β-unsaturated/α-hetero) is 1. The van der Waals surface area contributed by atoms with Crippen molar-refractivity contribution in [3.63, 3.8) is 0 Å². The van der Waals surface area contributed by atoms with Gasteiger partial charge in [0.1, 0.15) is 0 Å². The maximum absolute atomic E-state index is 12.4. The molecule has 1 fully saturated rings. The Morgan fingerprint density at radius 3 is 3.00 bits per heavy atom. The van der Waals surface area contributed by atoms with Gasteiger partial charge < -0.3 is 4.74 Å². The molecule has 1 aliphatic rings. The molecule has 0 aromatic carbocycles. The van der Waals surface area contributed by atoms with Crippen LogP contribution in [0.25, 0.3) is 0 Å². The maximum atomic E-state index is 12.4. The van der Waals surface area contributed by atoms with Gasteiger partial charge in [-0.3, -0.25) is 14.7 Å². The molecule has 0 aliphatic carbocycles. The molecule has 0 N–H and O–H groups in total. The van der Waals surface area contributed by atoms with E-state index < -0.39 is 0 Å². The summed E-state index contributed by atoms with van der Waals surface area (Å²) in [4.78, 5) is 20.1. The van der Waals surface area contributed by atoms with E-state index in [2.05, 4.69) is 28.9 Å². The van der Waals surface area contributed by atoms with E-state index in [4.69, 9.17) is 4.74 Å². The molecular formula is C18H22N2O2S. The Balaban J connectivity index is 1.70. The number of ketones is 1. The van der Waals surface area contributed by atoms with Gasteiger partial charge in [0.15, 0.2) is 5.78 Å². The highest BCUT2D eigenvalue weighted by Crippen LogP contribution is 2.20. The van der Waals surface area contributed by atoms with Crippen molar-refractivity contribution in [3.05, 3.63) is 51.5 Å². The zero-order valence-corrected chi connectivity index (χ0v) is 14.4. The SMILES string of the molecule is Cc1ccc(CN2CCOC[C@H]2CC(=O)c2cccs2)c(C)n1. The largest absolute Gasteiger partial charge is 0.378 e. The van der Waals surface area contributed by atoms with Crippen LogP contribution < -0.4 is 0 Å². The van der Waals surface area contributed by atoms with Gasteiger partial charge in [-0.2, -0.15) is 0 Å². The van der Waals surface area contributed by atoms with Crippen molar-refractivity contribution < 1.29 is 9.53 Å². The molecule has 3 rings (SSSR count). The number of thiophene rings is 1. The summed E-state index contributed by atoms with van der Waals surface area (Å²) >= 11 is 1.51. The molecule has 0 saturated carbocycles. The van der Waals surface area contributed by atoms with E-state index in [1.54, 1.807) is 0 Å². The maximum Gasteiger partial charge on any atom is 0.174 e. The normalized spacial score (nSPS) is 19.0. The third-order valence-electron chi connectivity index (χ3n) is 4.27. The molecule has 0 amide bonds. The molecule has 122 valence electrons. The van der Waals surface area contributed by atoms with Crippen LogP contribution in [-0.2, 0) is 11.3 Å². The van der Waals surface area contributed by atoms with Gasteiger partial charge >= 0.3 is 0 Å². The lowest BCUT2D eigenvalue weighted by Crippen LogP contribution is -2.46. The average Bonchev–Trinajstić information content (AvgIpc) is 3.06. The van der Waals surface area contributed by atoms with Gasteiger partial charge in [0.05, 0.1) is 18.1 Å². The topological polar surface area (TPSA) is 42.4 Å². The number of aromatic nitrogens is 1. The highest BCUT2D eigenvalue weighted by Gasteiger charge is 2.26. The zero-order chi connectivity index (χ0) is 16.2. The molecule has 0 unspecified atom stereocenters. The van der Waals surface area contributed by atoms with Crippen LogP contribution in [0.3, 0.4) is 0 Å². The Hall–Kier alpha value is -1.56. The van der Waals surface area contributed by atoms with Crippen LogP contribution in [0.2, 0.25) is 0 Å². The first-order valence-corrected chi connectivity index (χ1v) is 8.83. The summed E-state index contributed by atoms with van der Waals surface area (Å²) in [5.41, 5.74) is 3.34. The first-order valence-electron chi connectivity index (χ1n) is 7.95. The third kappa shape index (κ3) is 4.05. The van der Waals surface area contributed by atoms with Gasteiger partial charge in [0.2, 0.25) is 0 Å². The van der Waals surface area contributed by atoms with Crippen LogP contribution >= 0.6 is 11.3 Å². The minimum absolute atomic E-state index is 0.138. The number of carbonyl (C=O) groups excluding carboxylic acids is 1. The van der Waals surface area contributed by atoms with Crippen LogP contribution in [0.4, 0.5) is 0 Å². The first kappa shape index (κ1) is 16.3. The zero-order valence-electron chi connectivity index (χ0n) is 13.6. The summed E-state index contributed by atoms with van der Waals surface area (Å²) in [5, 5.41) is 1.95. The van der Waals surface area contributed by atoms with Gasteiger partial charge in [-0.05, 0) is 36.9 Å². The monoisotopic (exact) mass is 330 g/mol. The summed E-state index contributed by atoms with van der Waals surface area (Å²) in [6.07, 6.45) is 0.513. The molecule has 4 nitrogen and oxygen atoms in total. The predicted octanol–water partition coefficient (Wildman–Crippen LogP) is 3.23. The molecule has 1 atom stereocenters. The van der Waals surface area contributed by atoms with E-state index in [1.807, 2.05) is 24.4 Å². The lowest BCUT2D eigenvalue weighted by molar-refractivity contribution is -0.0126. The fraction of sp³-hybridized carbons (Fsp3) is 0.444. The van der Waals surface area contributed by atoms with E-state index in [9.17, 15) is 4.79 Å². The van der Waals surface area contributed by atoms with Gasteiger partial charge in [-0.1, -0.05) is 12.1 Å². The van der Waals surface area contributed by atoms with Gasteiger partial charge in [0, 0.05) is 36.9 Å². The summed E-state index contributed by atoms with van der Waals surface area (Å²) in [5.74, 6) is 0.208. The van der Waals surface area contributed by atoms with Crippen molar-refractivity contribution in [1.82, 2.24) is 9.88 Å². The van der Waals surface area contributed by atoms with Crippen molar-refractivity contribution in [2.24, 2.45) is 0 Å².